The summed E-state index contributed by atoms with van der Waals surface area (Å²) in [6.45, 7) is 0. The van der Waals surface area contributed by atoms with Crippen molar-refractivity contribution in [2.75, 3.05) is 11.0 Å². The molecule has 1 N–H and O–H groups in total. The van der Waals surface area contributed by atoms with Gasteiger partial charge in [-0.25, -0.2) is 8.42 Å². The monoisotopic (exact) mass is 248 g/mol. The molecular weight excluding hydrogens is 236 g/mol. The Labute approximate surface area is 100 Å². The molecule has 2 aromatic rings. The average Bonchev–Trinajstić information content (AvgIpc) is 2.29. The molecule has 1 heterocycles. The first-order valence-corrected chi connectivity index (χ1v) is 6.92. The third kappa shape index (κ3) is 3.04. The number of nitrogens with one attached hydrogen (secondary N) is 1. The lowest BCUT2D eigenvalue weighted by molar-refractivity contribution is 0.607. The second-order valence-corrected chi connectivity index (χ2v) is 5.41. The molecular formula is C12H12N2O2S. The molecule has 0 spiro atoms. The smallest absolute Gasteiger partial charge is 0.229 e. The van der Waals surface area contributed by atoms with Crippen molar-refractivity contribution < 1.29 is 8.42 Å². The van der Waals surface area contributed by atoms with Crippen LogP contribution >= 0.6 is 0 Å². The Morgan fingerprint density at radius 1 is 1.12 bits per heavy atom. The fourth-order valence-electron chi connectivity index (χ4n) is 1.55. The van der Waals surface area contributed by atoms with E-state index in [1.165, 1.54) is 0 Å². The number of anilines is 1. The molecule has 4 nitrogen and oxygen atoms in total. The second-order valence-electron chi connectivity index (χ2n) is 3.66. The highest BCUT2D eigenvalue weighted by molar-refractivity contribution is 7.92. The van der Waals surface area contributed by atoms with Crippen molar-refractivity contribution in [2.45, 2.75) is 0 Å². The molecule has 0 radical (unpaired) electrons. The van der Waals surface area contributed by atoms with Crippen molar-refractivity contribution in [1.82, 2.24) is 4.98 Å². The Hall–Kier alpha value is -1.88. The summed E-state index contributed by atoms with van der Waals surface area (Å²) in [7, 11) is -3.28. The summed E-state index contributed by atoms with van der Waals surface area (Å²) in [4.78, 5) is 4.02. The maximum atomic E-state index is 11.3. The van der Waals surface area contributed by atoms with E-state index in [-0.39, 0.29) is 0 Å². The lowest BCUT2D eigenvalue weighted by Gasteiger charge is -2.10. The van der Waals surface area contributed by atoms with Crippen LogP contribution in [0.5, 0.6) is 0 Å². The fraction of sp³-hybridized carbons (Fsp3) is 0.0833. The lowest BCUT2D eigenvalue weighted by atomic mass is 10.1. The van der Waals surface area contributed by atoms with Gasteiger partial charge in [-0.1, -0.05) is 24.3 Å². The second kappa shape index (κ2) is 4.55. The van der Waals surface area contributed by atoms with Crippen molar-refractivity contribution in [3.8, 4) is 11.1 Å². The molecule has 0 amide bonds. The van der Waals surface area contributed by atoms with E-state index < -0.39 is 10.0 Å². The van der Waals surface area contributed by atoms with Crippen LogP contribution in [0.15, 0.2) is 48.8 Å². The summed E-state index contributed by atoms with van der Waals surface area (Å²) in [5.41, 5.74) is 2.24. The van der Waals surface area contributed by atoms with Crippen molar-refractivity contribution in [2.24, 2.45) is 0 Å². The number of hydrogen-bond acceptors (Lipinski definition) is 3. The van der Waals surface area contributed by atoms with E-state index in [2.05, 4.69) is 9.71 Å². The molecule has 1 aromatic heterocycles. The van der Waals surface area contributed by atoms with Crippen molar-refractivity contribution >= 4 is 15.7 Å². The van der Waals surface area contributed by atoms with E-state index in [1.807, 2.05) is 24.3 Å². The van der Waals surface area contributed by atoms with Gasteiger partial charge in [0.1, 0.15) is 0 Å². The first kappa shape index (κ1) is 11.6. The van der Waals surface area contributed by atoms with Crippen LogP contribution in [-0.4, -0.2) is 19.7 Å². The molecule has 5 heteroatoms. The molecule has 1 aromatic carbocycles. The van der Waals surface area contributed by atoms with E-state index >= 15 is 0 Å². The average molecular weight is 248 g/mol. The van der Waals surface area contributed by atoms with E-state index in [1.54, 1.807) is 24.5 Å². The first-order chi connectivity index (χ1) is 8.06. The molecule has 0 bridgehead atoms. The van der Waals surface area contributed by atoms with Crippen molar-refractivity contribution in [1.29, 1.82) is 0 Å². The molecule has 0 unspecified atom stereocenters. The number of nitrogens with zero attached hydrogens (tertiary/aromatic N) is 1. The molecule has 0 aliphatic carbocycles. The normalized spacial score (nSPS) is 11.1. The maximum absolute atomic E-state index is 11.3. The molecule has 17 heavy (non-hydrogen) atoms. The maximum Gasteiger partial charge on any atom is 0.229 e. The Kier molecular flexibility index (Phi) is 3.10. The van der Waals surface area contributed by atoms with Gasteiger partial charge in [-0.2, -0.15) is 0 Å². The molecule has 88 valence electrons. The van der Waals surface area contributed by atoms with Gasteiger partial charge in [0.25, 0.3) is 0 Å². The van der Waals surface area contributed by atoms with E-state index in [4.69, 9.17) is 0 Å². The van der Waals surface area contributed by atoms with Gasteiger partial charge in [0.15, 0.2) is 0 Å². The highest BCUT2D eigenvalue weighted by Crippen LogP contribution is 2.27. The van der Waals surface area contributed by atoms with Crippen LogP contribution in [0.4, 0.5) is 5.69 Å². The molecule has 0 aliphatic heterocycles. The molecule has 0 saturated heterocycles. The summed E-state index contributed by atoms with van der Waals surface area (Å²) in [5, 5.41) is 0. The van der Waals surface area contributed by atoms with E-state index in [0.717, 1.165) is 17.4 Å². The summed E-state index contributed by atoms with van der Waals surface area (Å²) in [6, 6.07) is 10.9. The van der Waals surface area contributed by atoms with Gasteiger partial charge in [-0.3, -0.25) is 9.71 Å². The highest BCUT2D eigenvalue weighted by Gasteiger charge is 2.08. The van der Waals surface area contributed by atoms with Crippen LogP contribution in [0, 0.1) is 0 Å². The minimum absolute atomic E-state index is 0.558. The van der Waals surface area contributed by atoms with Crippen molar-refractivity contribution in [3.05, 3.63) is 48.8 Å². The number of para-hydroxylation sites is 1. The number of aromatic nitrogens is 1. The molecule has 0 saturated carbocycles. The Balaban J connectivity index is 2.49. The largest absolute Gasteiger partial charge is 0.283 e. The standard InChI is InChI=1S/C12H12N2O2S/c1-17(15,16)14-12-7-3-2-6-11(12)10-5-4-8-13-9-10/h2-9,14H,1H3. The minimum atomic E-state index is -3.28. The number of benzene rings is 1. The Morgan fingerprint density at radius 3 is 2.53 bits per heavy atom. The van der Waals surface area contributed by atoms with Crippen LogP contribution in [0.3, 0.4) is 0 Å². The Morgan fingerprint density at radius 2 is 1.88 bits per heavy atom. The van der Waals surface area contributed by atoms with Gasteiger partial charge in [-0.15, -0.1) is 0 Å². The summed E-state index contributed by atoms with van der Waals surface area (Å²) in [6.07, 6.45) is 4.51. The van der Waals surface area contributed by atoms with Gasteiger partial charge in [0, 0.05) is 23.5 Å². The number of hydrogen-bond donors (Lipinski definition) is 1. The van der Waals surface area contributed by atoms with Crippen LogP contribution in [0.1, 0.15) is 0 Å². The molecule has 0 atom stereocenters. The lowest BCUT2D eigenvalue weighted by Crippen LogP contribution is -2.10. The zero-order chi connectivity index (χ0) is 12.3. The molecule has 0 fully saturated rings. The first-order valence-electron chi connectivity index (χ1n) is 5.03. The zero-order valence-corrected chi connectivity index (χ0v) is 10.1. The number of sulfonamides is 1. The molecule has 0 aliphatic rings. The predicted octanol–water partition coefficient (Wildman–Crippen LogP) is 2.12. The summed E-state index contributed by atoms with van der Waals surface area (Å²) < 4.78 is 25.0. The fourth-order valence-corrected chi connectivity index (χ4v) is 2.12. The van der Waals surface area contributed by atoms with Gasteiger partial charge in [0.2, 0.25) is 10.0 Å². The predicted molar refractivity (Wildman–Crippen MR) is 68.1 cm³/mol. The minimum Gasteiger partial charge on any atom is -0.283 e. The highest BCUT2D eigenvalue weighted by atomic mass is 32.2. The number of rotatable bonds is 3. The van der Waals surface area contributed by atoms with Crippen LogP contribution in [0.2, 0.25) is 0 Å². The van der Waals surface area contributed by atoms with Crippen LogP contribution < -0.4 is 4.72 Å². The SMILES string of the molecule is CS(=O)(=O)Nc1ccccc1-c1cccnc1. The van der Waals surface area contributed by atoms with Crippen LogP contribution in [-0.2, 0) is 10.0 Å². The topological polar surface area (TPSA) is 59.1 Å². The quantitative estimate of drug-likeness (QED) is 0.905. The number of pyridine rings is 1. The third-order valence-electron chi connectivity index (χ3n) is 2.19. The third-order valence-corrected chi connectivity index (χ3v) is 2.79. The summed E-state index contributed by atoms with van der Waals surface area (Å²) in [5.74, 6) is 0. The molecule has 2 rings (SSSR count). The van der Waals surface area contributed by atoms with Gasteiger partial charge < -0.3 is 0 Å². The van der Waals surface area contributed by atoms with Crippen molar-refractivity contribution in [3.63, 3.8) is 0 Å². The van der Waals surface area contributed by atoms with E-state index in [9.17, 15) is 8.42 Å². The van der Waals surface area contributed by atoms with Gasteiger partial charge in [0.05, 0.1) is 11.9 Å². The van der Waals surface area contributed by atoms with E-state index in [0.29, 0.717) is 5.69 Å². The summed E-state index contributed by atoms with van der Waals surface area (Å²) >= 11 is 0. The zero-order valence-electron chi connectivity index (χ0n) is 9.29. The van der Waals surface area contributed by atoms with Gasteiger partial charge >= 0.3 is 0 Å². The van der Waals surface area contributed by atoms with Gasteiger partial charge in [-0.05, 0) is 12.1 Å². The Bertz CT molecular complexity index is 609. The van der Waals surface area contributed by atoms with Crippen LogP contribution in [0.25, 0.3) is 11.1 Å².